The molecular weight excluding hydrogens is 264 g/mol. The van der Waals surface area contributed by atoms with Crippen molar-refractivity contribution in [2.75, 3.05) is 11.9 Å². The van der Waals surface area contributed by atoms with Crippen LogP contribution < -0.4 is 15.8 Å². The lowest BCUT2D eigenvalue weighted by Gasteiger charge is -2.10. The number of hydrogen-bond acceptors (Lipinski definition) is 3. The van der Waals surface area contributed by atoms with Crippen LogP contribution >= 0.6 is 0 Å². The van der Waals surface area contributed by atoms with Crippen molar-refractivity contribution in [2.24, 2.45) is 11.7 Å². The minimum atomic E-state index is -0.0234. The van der Waals surface area contributed by atoms with Crippen LogP contribution in [0.5, 0.6) is 11.5 Å². The van der Waals surface area contributed by atoms with Gasteiger partial charge in [-0.3, -0.25) is 4.79 Å². The third-order valence-electron chi connectivity index (χ3n) is 3.05. The van der Waals surface area contributed by atoms with Crippen molar-refractivity contribution in [1.29, 1.82) is 0 Å². The average molecular weight is 284 g/mol. The molecule has 0 fully saturated rings. The molecule has 3 N–H and O–H groups in total. The molecule has 4 heteroatoms. The fourth-order valence-electron chi connectivity index (χ4n) is 1.84. The zero-order chi connectivity index (χ0) is 15.1. The maximum Gasteiger partial charge on any atom is 0.224 e. The number of nitrogens with two attached hydrogens (primary N) is 1. The van der Waals surface area contributed by atoms with Gasteiger partial charge in [0.1, 0.15) is 11.5 Å². The predicted octanol–water partition coefficient (Wildman–Crippen LogP) is 3.40. The van der Waals surface area contributed by atoms with Crippen molar-refractivity contribution in [3.05, 3.63) is 54.6 Å². The summed E-state index contributed by atoms with van der Waals surface area (Å²) < 4.78 is 5.69. The Morgan fingerprint density at radius 3 is 2.33 bits per heavy atom. The molecule has 0 radical (unpaired) electrons. The van der Waals surface area contributed by atoms with Gasteiger partial charge in [0, 0.05) is 12.1 Å². The molecule has 0 saturated heterocycles. The highest BCUT2D eigenvalue weighted by molar-refractivity contribution is 5.90. The Balaban J connectivity index is 1.91. The minimum Gasteiger partial charge on any atom is -0.457 e. The second-order valence-corrected chi connectivity index (χ2v) is 5.03. The molecule has 21 heavy (non-hydrogen) atoms. The summed E-state index contributed by atoms with van der Waals surface area (Å²) in [5.74, 6) is 1.68. The standard InChI is InChI=1S/C17H20N2O2/c1-13(12-18)11-17(20)19-14-7-9-16(10-8-14)21-15-5-3-2-4-6-15/h2-10,13H,11-12,18H2,1H3,(H,19,20). The van der Waals surface area contributed by atoms with Gasteiger partial charge >= 0.3 is 0 Å². The Hall–Kier alpha value is -2.33. The molecule has 1 unspecified atom stereocenters. The Labute approximate surface area is 124 Å². The van der Waals surface area contributed by atoms with Crippen molar-refractivity contribution < 1.29 is 9.53 Å². The van der Waals surface area contributed by atoms with Gasteiger partial charge in [-0.05, 0) is 48.9 Å². The van der Waals surface area contributed by atoms with Crippen LogP contribution in [0.3, 0.4) is 0 Å². The third-order valence-corrected chi connectivity index (χ3v) is 3.05. The molecule has 110 valence electrons. The van der Waals surface area contributed by atoms with E-state index in [0.717, 1.165) is 17.2 Å². The van der Waals surface area contributed by atoms with Gasteiger partial charge in [-0.2, -0.15) is 0 Å². The third kappa shape index (κ3) is 4.93. The van der Waals surface area contributed by atoms with Crippen molar-refractivity contribution >= 4 is 11.6 Å². The maximum atomic E-state index is 11.8. The van der Waals surface area contributed by atoms with Crippen LogP contribution in [-0.4, -0.2) is 12.5 Å². The van der Waals surface area contributed by atoms with E-state index in [4.69, 9.17) is 10.5 Å². The fourth-order valence-corrected chi connectivity index (χ4v) is 1.84. The molecule has 2 aromatic carbocycles. The molecule has 0 aromatic heterocycles. The molecule has 0 heterocycles. The first-order chi connectivity index (χ1) is 10.2. The van der Waals surface area contributed by atoms with Crippen LogP contribution in [0.25, 0.3) is 0 Å². The summed E-state index contributed by atoms with van der Waals surface area (Å²) in [7, 11) is 0. The number of carbonyl (C=O) groups is 1. The lowest BCUT2D eigenvalue weighted by atomic mass is 10.1. The van der Waals surface area contributed by atoms with E-state index in [9.17, 15) is 4.79 Å². The molecule has 1 atom stereocenters. The second kappa shape index (κ2) is 7.45. The van der Waals surface area contributed by atoms with Gasteiger partial charge in [-0.15, -0.1) is 0 Å². The van der Waals surface area contributed by atoms with Crippen molar-refractivity contribution in [3.8, 4) is 11.5 Å². The van der Waals surface area contributed by atoms with E-state index in [-0.39, 0.29) is 11.8 Å². The van der Waals surface area contributed by atoms with Crippen molar-refractivity contribution in [1.82, 2.24) is 0 Å². The molecule has 0 aliphatic carbocycles. The lowest BCUT2D eigenvalue weighted by molar-refractivity contribution is -0.116. The maximum absolute atomic E-state index is 11.8. The Morgan fingerprint density at radius 1 is 1.10 bits per heavy atom. The first-order valence-corrected chi connectivity index (χ1v) is 7.00. The van der Waals surface area contributed by atoms with Crippen molar-refractivity contribution in [2.45, 2.75) is 13.3 Å². The van der Waals surface area contributed by atoms with E-state index < -0.39 is 0 Å². The Kier molecular flexibility index (Phi) is 5.35. The number of nitrogens with one attached hydrogen (secondary N) is 1. The van der Waals surface area contributed by atoms with Gasteiger partial charge in [0.25, 0.3) is 0 Å². The fraction of sp³-hybridized carbons (Fsp3) is 0.235. The summed E-state index contributed by atoms with van der Waals surface area (Å²) in [6, 6.07) is 16.9. The summed E-state index contributed by atoms with van der Waals surface area (Å²) in [5.41, 5.74) is 6.26. The van der Waals surface area contributed by atoms with Gasteiger partial charge in [0.15, 0.2) is 0 Å². The molecule has 0 spiro atoms. The predicted molar refractivity (Wildman–Crippen MR) is 84.4 cm³/mol. The highest BCUT2D eigenvalue weighted by Gasteiger charge is 2.07. The molecule has 0 saturated carbocycles. The van der Waals surface area contributed by atoms with Gasteiger partial charge in [-0.25, -0.2) is 0 Å². The SMILES string of the molecule is CC(CN)CC(=O)Nc1ccc(Oc2ccccc2)cc1. The smallest absolute Gasteiger partial charge is 0.224 e. The zero-order valence-corrected chi connectivity index (χ0v) is 12.1. The van der Waals surface area contributed by atoms with Crippen LogP contribution in [0.15, 0.2) is 54.6 Å². The van der Waals surface area contributed by atoms with Crippen LogP contribution in [0.1, 0.15) is 13.3 Å². The normalized spacial score (nSPS) is 11.7. The largest absolute Gasteiger partial charge is 0.457 e. The molecule has 4 nitrogen and oxygen atoms in total. The summed E-state index contributed by atoms with van der Waals surface area (Å²) in [4.78, 5) is 11.8. The van der Waals surface area contributed by atoms with E-state index >= 15 is 0 Å². The van der Waals surface area contributed by atoms with E-state index in [1.54, 1.807) is 0 Å². The van der Waals surface area contributed by atoms with Gasteiger partial charge in [-0.1, -0.05) is 25.1 Å². The number of amides is 1. The highest BCUT2D eigenvalue weighted by atomic mass is 16.5. The molecule has 0 aliphatic heterocycles. The quantitative estimate of drug-likeness (QED) is 0.854. The number of anilines is 1. The molecule has 1 amide bonds. The Morgan fingerprint density at radius 2 is 1.71 bits per heavy atom. The number of carbonyl (C=O) groups excluding carboxylic acids is 1. The van der Waals surface area contributed by atoms with E-state index in [0.29, 0.717) is 13.0 Å². The number of ether oxygens (including phenoxy) is 1. The number of rotatable bonds is 6. The monoisotopic (exact) mass is 284 g/mol. The minimum absolute atomic E-state index is 0.0234. The molecule has 2 aromatic rings. The van der Waals surface area contributed by atoms with E-state index in [1.165, 1.54) is 0 Å². The molecule has 2 rings (SSSR count). The topological polar surface area (TPSA) is 64.4 Å². The highest BCUT2D eigenvalue weighted by Crippen LogP contribution is 2.22. The van der Waals surface area contributed by atoms with Crippen LogP contribution in [0.4, 0.5) is 5.69 Å². The summed E-state index contributed by atoms with van der Waals surface area (Å²) >= 11 is 0. The average Bonchev–Trinajstić information content (AvgIpc) is 2.50. The number of benzene rings is 2. The van der Waals surface area contributed by atoms with E-state index in [1.807, 2.05) is 61.5 Å². The molecule has 0 aliphatic rings. The number of para-hydroxylation sites is 1. The van der Waals surface area contributed by atoms with E-state index in [2.05, 4.69) is 5.32 Å². The van der Waals surface area contributed by atoms with Gasteiger partial charge < -0.3 is 15.8 Å². The van der Waals surface area contributed by atoms with Crippen molar-refractivity contribution in [3.63, 3.8) is 0 Å². The van der Waals surface area contributed by atoms with Crippen LogP contribution in [-0.2, 0) is 4.79 Å². The first kappa shape index (κ1) is 15.1. The van der Waals surface area contributed by atoms with Gasteiger partial charge in [0.05, 0.1) is 0 Å². The van der Waals surface area contributed by atoms with Crippen LogP contribution in [0.2, 0.25) is 0 Å². The summed E-state index contributed by atoms with van der Waals surface area (Å²) in [5, 5.41) is 2.85. The Bertz CT molecular complexity index is 567. The summed E-state index contributed by atoms with van der Waals surface area (Å²) in [6.07, 6.45) is 0.429. The lowest BCUT2D eigenvalue weighted by Crippen LogP contribution is -2.19. The molecular formula is C17H20N2O2. The number of hydrogen-bond donors (Lipinski definition) is 2. The summed E-state index contributed by atoms with van der Waals surface area (Å²) in [6.45, 7) is 2.47. The zero-order valence-electron chi connectivity index (χ0n) is 12.1. The first-order valence-electron chi connectivity index (χ1n) is 7.00. The second-order valence-electron chi connectivity index (χ2n) is 5.03. The molecule has 0 bridgehead atoms. The van der Waals surface area contributed by atoms with Gasteiger partial charge in [0.2, 0.25) is 5.91 Å². The van der Waals surface area contributed by atoms with Crippen LogP contribution in [0, 0.1) is 5.92 Å².